The zero-order chi connectivity index (χ0) is 15.0. The molecule has 1 saturated heterocycles. The highest BCUT2D eigenvalue weighted by Crippen LogP contribution is 2.35. The number of carbonyl (C=O) groups excluding carboxylic acids is 1. The van der Waals surface area contributed by atoms with Crippen LogP contribution < -0.4 is 0 Å². The Morgan fingerprint density at radius 2 is 2.10 bits per heavy atom. The van der Waals surface area contributed by atoms with Gasteiger partial charge >= 0.3 is 0 Å². The summed E-state index contributed by atoms with van der Waals surface area (Å²) in [5.41, 5.74) is 0.552. The predicted molar refractivity (Wildman–Crippen MR) is 77.2 cm³/mol. The summed E-state index contributed by atoms with van der Waals surface area (Å²) in [6.07, 6.45) is 6.35. The molecule has 3 rings (SSSR count). The molecule has 6 nitrogen and oxygen atoms in total. The van der Waals surface area contributed by atoms with Crippen molar-refractivity contribution in [2.24, 2.45) is 5.92 Å². The van der Waals surface area contributed by atoms with Crippen LogP contribution in [0.4, 0.5) is 0 Å². The average molecular weight is 311 g/mol. The lowest BCUT2D eigenvalue weighted by atomic mass is 9.82. The number of nitrogens with zero attached hydrogens (tertiary/aromatic N) is 2. The van der Waals surface area contributed by atoms with Crippen molar-refractivity contribution < 1.29 is 13.2 Å². The van der Waals surface area contributed by atoms with Crippen molar-refractivity contribution in [1.29, 1.82) is 0 Å². The van der Waals surface area contributed by atoms with E-state index in [4.69, 9.17) is 0 Å². The Bertz CT molecular complexity index is 638. The van der Waals surface area contributed by atoms with Gasteiger partial charge in [0, 0.05) is 24.9 Å². The Balaban J connectivity index is 1.90. The molecule has 1 saturated carbocycles. The third-order valence-corrected chi connectivity index (χ3v) is 6.72. The van der Waals surface area contributed by atoms with Crippen LogP contribution in [0, 0.1) is 12.8 Å². The second kappa shape index (κ2) is 5.53. The van der Waals surface area contributed by atoms with Crippen molar-refractivity contribution >= 4 is 15.8 Å². The summed E-state index contributed by atoms with van der Waals surface area (Å²) < 4.78 is 27.2. The molecular formula is C14H21N3O3S. The Morgan fingerprint density at radius 3 is 2.76 bits per heavy atom. The van der Waals surface area contributed by atoms with Crippen molar-refractivity contribution in [2.45, 2.75) is 56.4 Å². The lowest BCUT2D eigenvalue weighted by molar-refractivity contribution is -0.126. The van der Waals surface area contributed by atoms with Crippen LogP contribution in [-0.2, 0) is 14.8 Å². The Kier molecular flexibility index (Phi) is 3.88. The summed E-state index contributed by atoms with van der Waals surface area (Å²) in [5.74, 6) is 0.112. The highest BCUT2D eigenvalue weighted by molar-refractivity contribution is 7.89. The van der Waals surface area contributed by atoms with Crippen molar-refractivity contribution in [1.82, 2.24) is 14.5 Å². The number of rotatable bonds is 3. The van der Waals surface area contributed by atoms with E-state index in [0.717, 1.165) is 32.1 Å². The van der Waals surface area contributed by atoms with Crippen molar-refractivity contribution in [3.63, 3.8) is 0 Å². The summed E-state index contributed by atoms with van der Waals surface area (Å²) in [6.45, 7) is 2.21. The normalized spacial score (nSPS) is 28.1. The van der Waals surface area contributed by atoms with E-state index >= 15 is 0 Å². The van der Waals surface area contributed by atoms with E-state index in [9.17, 15) is 13.2 Å². The molecule has 0 spiro atoms. The van der Waals surface area contributed by atoms with Crippen molar-refractivity contribution in [3.8, 4) is 0 Å². The predicted octanol–water partition coefficient (Wildman–Crippen LogP) is 1.63. The Labute approximate surface area is 125 Å². The first-order chi connectivity index (χ1) is 10.0. The molecule has 7 heteroatoms. The van der Waals surface area contributed by atoms with Gasteiger partial charge < -0.3 is 0 Å². The Morgan fingerprint density at radius 1 is 1.29 bits per heavy atom. The molecular weight excluding hydrogens is 290 g/mol. The van der Waals surface area contributed by atoms with Gasteiger partial charge in [-0.15, -0.1) is 0 Å². The molecule has 0 bridgehead atoms. The second-order valence-corrected chi connectivity index (χ2v) is 7.86. The van der Waals surface area contributed by atoms with E-state index in [1.165, 1.54) is 6.20 Å². The molecule has 1 aromatic rings. The van der Waals surface area contributed by atoms with Crippen LogP contribution in [0.1, 0.15) is 44.2 Å². The maximum absolute atomic E-state index is 12.8. The van der Waals surface area contributed by atoms with E-state index < -0.39 is 10.0 Å². The molecule has 21 heavy (non-hydrogen) atoms. The number of hydrogen-bond acceptors (Lipinski definition) is 4. The molecule has 2 heterocycles. The summed E-state index contributed by atoms with van der Waals surface area (Å²) in [5, 5.41) is 6.49. The molecule has 0 aromatic carbocycles. The minimum Gasteiger partial charge on any atom is -0.299 e. The number of sulfonamides is 1. The summed E-state index contributed by atoms with van der Waals surface area (Å²) >= 11 is 0. The van der Waals surface area contributed by atoms with Crippen LogP contribution in [-0.4, -0.2) is 41.3 Å². The number of nitrogens with one attached hydrogen (secondary N) is 1. The first kappa shape index (κ1) is 14.7. The number of carbonyl (C=O) groups is 1. The first-order valence-corrected chi connectivity index (χ1v) is 9.00. The van der Waals surface area contributed by atoms with Crippen LogP contribution in [0.2, 0.25) is 0 Å². The van der Waals surface area contributed by atoms with E-state index in [0.29, 0.717) is 18.7 Å². The van der Waals surface area contributed by atoms with Crippen molar-refractivity contribution in [3.05, 3.63) is 11.9 Å². The standard InChI is InChI=1S/C14H21N3O3S/c1-10-14(9-15-16-10)21(19,20)17-8-4-6-12(17)11-5-2-3-7-13(11)18/h9,11-12H,2-8H2,1H3,(H,15,16). The van der Waals surface area contributed by atoms with Crippen LogP contribution in [0.5, 0.6) is 0 Å². The maximum Gasteiger partial charge on any atom is 0.246 e. The first-order valence-electron chi connectivity index (χ1n) is 7.56. The molecule has 2 atom stereocenters. The molecule has 0 amide bonds. The van der Waals surface area contributed by atoms with Gasteiger partial charge in [-0.2, -0.15) is 9.40 Å². The van der Waals surface area contributed by atoms with E-state index in [1.807, 2.05) is 0 Å². The van der Waals surface area contributed by atoms with Gasteiger partial charge in [0.1, 0.15) is 10.7 Å². The number of aromatic amines is 1. The third-order valence-electron chi connectivity index (χ3n) is 4.68. The molecule has 2 unspecified atom stereocenters. The number of aromatic nitrogens is 2. The number of Topliss-reactive ketones (excluding diaryl/α,β-unsaturated/α-hetero) is 1. The van der Waals surface area contributed by atoms with Gasteiger partial charge in [0.05, 0.1) is 11.9 Å². The van der Waals surface area contributed by atoms with Crippen molar-refractivity contribution in [2.75, 3.05) is 6.54 Å². The van der Waals surface area contributed by atoms with Gasteiger partial charge in [0.15, 0.2) is 0 Å². The number of H-pyrrole nitrogens is 1. The van der Waals surface area contributed by atoms with Gasteiger partial charge in [-0.25, -0.2) is 8.42 Å². The minimum absolute atomic E-state index is 0.122. The van der Waals surface area contributed by atoms with Crippen LogP contribution in [0.3, 0.4) is 0 Å². The van der Waals surface area contributed by atoms with Gasteiger partial charge in [0.2, 0.25) is 10.0 Å². The molecule has 0 radical (unpaired) electrons. The largest absolute Gasteiger partial charge is 0.299 e. The SMILES string of the molecule is Cc1[nH]ncc1S(=O)(=O)N1CCCC1C1CCCCC1=O. The number of hydrogen-bond donors (Lipinski definition) is 1. The molecule has 2 fully saturated rings. The van der Waals surface area contributed by atoms with Crippen LogP contribution in [0.25, 0.3) is 0 Å². The molecule has 2 aliphatic rings. The van der Waals surface area contributed by atoms with Gasteiger partial charge in [-0.05, 0) is 32.6 Å². The minimum atomic E-state index is -3.56. The topological polar surface area (TPSA) is 83.1 Å². The molecule has 1 aliphatic heterocycles. The quantitative estimate of drug-likeness (QED) is 0.919. The molecule has 116 valence electrons. The molecule has 1 aromatic heterocycles. The van der Waals surface area contributed by atoms with Gasteiger partial charge in [0.25, 0.3) is 0 Å². The Hall–Kier alpha value is -1.21. The fourth-order valence-electron chi connectivity index (χ4n) is 3.61. The van der Waals surface area contributed by atoms with Crippen LogP contribution in [0.15, 0.2) is 11.1 Å². The highest BCUT2D eigenvalue weighted by Gasteiger charge is 2.43. The lowest BCUT2D eigenvalue weighted by Gasteiger charge is -2.32. The fourth-order valence-corrected chi connectivity index (χ4v) is 5.46. The summed E-state index contributed by atoms with van der Waals surface area (Å²) in [7, 11) is -3.56. The van der Waals surface area contributed by atoms with Gasteiger partial charge in [-0.1, -0.05) is 6.42 Å². The second-order valence-electron chi connectivity index (χ2n) is 6.00. The highest BCUT2D eigenvalue weighted by atomic mass is 32.2. The zero-order valence-electron chi connectivity index (χ0n) is 12.2. The fraction of sp³-hybridized carbons (Fsp3) is 0.714. The molecule has 1 N–H and O–H groups in total. The van der Waals surface area contributed by atoms with E-state index in [-0.39, 0.29) is 22.6 Å². The summed E-state index contributed by atoms with van der Waals surface area (Å²) in [6, 6.07) is -0.169. The number of aryl methyl sites for hydroxylation is 1. The van der Waals surface area contributed by atoms with Gasteiger partial charge in [-0.3, -0.25) is 9.89 Å². The number of ketones is 1. The van der Waals surface area contributed by atoms with E-state index in [2.05, 4.69) is 10.2 Å². The lowest BCUT2D eigenvalue weighted by Crippen LogP contribution is -2.43. The maximum atomic E-state index is 12.8. The average Bonchev–Trinajstić information content (AvgIpc) is 3.08. The summed E-state index contributed by atoms with van der Waals surface area (Å²) in [4.78, 5) is 12.4. The third kappa shape index (κ3) is 2.53. The van der Waals surface area contributed by atoms with E-state index in [1.54, 1.807) is 11.2 Å². The monoisotopic (exact) mass is 311 g/mol. The smallest absolute Gasteiger partial charge is 0.246 e. The molecule has 1 aliphatic carbocycles. The zero-order valence-corrected chi connectivity index (χ0v) is 13.0. The van der Waals surface area contributed by atoms with Crippen LogP contribution >= 0.6 is 0 Å².